The second-order valence-electron chi connectivity index (χ2n) is 3.57. The fourth-order valence-electron chi connectivity index (χ4n) is 1.48. The number of amides is 1. The summed E-state index contributed by atoms with van der Waals surface area (Å²) in [7, 11) is 1.30. The fourth-order valence-corrected chi connectivity index (χ4v) is 2.21. The van der Waals surface area contributed by atoms with Gasteiger partial charge in [-0.15, -0.1) is 0 Å². The Hall–Kier alpha value is -1.47. The van der Waals surface area contributed by atoms with Crippen molar-refractivity contribution in [2.75, 3.05) is 25.6 Å². The van der Waals surface area contributed by atoms with Crippen LogP contribution in [0, 0.1) is 5.92 Å². The monoisotopic (exact) mass is 256 g/mol. The van der Waals surface area contributed by atoms with Crippen molar-refractivity contribution in [1.29, 1.82) is 0 Å². The van der Waals surface area contributed by atoms with Crippen LogP contribution in [-0.4, -0.2) is 37.2 Å². The molecule has 7 heteroatoms. The summed E-state index contributed by atoms with van der Waals surface area (Å²) in [6.07, 6.45) is 2.11. The van der Waals surface area contributed by atoms with Crippen molar-refractivity contribution >= 4 is 28.3 Å². The lowest BCUT2D eigenvalue weighted by molar-refractivity contribution is -0.119. The average Bonchev–Trinajstić information content (AvgIpc) is 2.98. The largest absolute Gasteiger partial charge is 0.465 e. The molecule has 1 aromatic rings. The molecule has 1 aliphatic rings. The number of ether oxygens (including phenoxy) is 2. The predicted molar refractivity (Wildman–Crippen MR) is 61.0 cm³/mol. The van der Waals surface area contributed by atoms with E-state index in [0.29, 0.717) is 23.2 Å². The molecule has 0 radical (unpaired) electrons. The van der Waals surface area contributed by atoms with Crippen LogP contribution in [0.2, 0.25) is 0 Å². The summed E-state index contributed by atoms with van der Waals surface area (Å²) in [4.78, 5) is 27.2. The van der Waals surface area contributed by atoms with E-state index >= 15 is 0 Å². The van der Waals surface area contributed by atoms with Crippen LogP contribution in [0.25, 0.3) is 0 Å². The van der Waals surface area contributed by atoms with Crippen LogP contribution in [0.3, 0.4) is 0 Å². The Morgan fingerprint density at radius 3 is 3.12 bits per heavy atom. The van der Waals surface area contributed by atoms with Gasteiger partial charge in [0.05, 0.1) is 25.8 Å². The molecule has 0 saturated carbocycles. The summed E-state index contributed by atoms with van der Waals surface area (Å²) in [6, 6.07) is 0. The fraction of sp³-hybridized carbons (Fsp3) is 0.500. The van der Waals surface area contributed by atoms with Gasteiger partial charge in [0.15, 0.2) is 5.13 Å². The van der Waals surface area contributed by atoms with Gasteiger partial charge >= 0.3 is 5.97 Å². The maximum Gasteiger partial charge on any atom is 0.349 e. The average molecular weight is 256 g/mol. The van der Waals surface area contributed by atoms with E-state index in [4.69, 9.17) is 4.74 Å². The third-order valence-corrected chi connectivity index (χ3v) is 3.32. The number of esters is 1. The lowest BCUT2D eigenvalue weighted by atomic mass is 10.1. The quantitative estimate of drug-likeness (QED) is 0.813. The molecule has 1 atom stereocenters. The highest BCUT2D eigenvalue weighted by Gasteiger charge is 2.24. The molecule has 17 heavy (non-hydrogen) atoms. The predicted octanol–water partition coefficient (Wildman–Crippen LogP) is 0.905. The van der Waals surface area contributed by atoms with E-state index < -0.39 is 5.97 Å². The van der Waals surface area contributed by atoms with Crippen molar-refractivity contribution in [3.63, 3.8) is 0 Å². The lowest BCUT2D eigenvalue weighted by Crippen LogP contribution is -2.22. The Morgan fingerprint density at radius 2 is 2.47 bits per heavy atom. The molecule has 1 saturated heterocycles. The summed E-state index contributed by atoms with van der Waals surface area (Å²) < 4.78 is 9.68. The molecule has 1 aliphatic heterocycles. The van der Waals surface area contributed by atoms with Crippen LogP contribution in [-0.2, 0) is 14.3 Å². The first-order chi connectivity index (χ1) is 8.20. The first-order valence-electron chi connectivity index (χ1n) is 5.13. The van der Waals surface area contributed by atoms with Crippen LogP contribution in [0.1, 0.15) is 16.1 Å². The number of thiazole rings is 1. The van der Waals surface area contributed by atoms with Gasteiger partial charge in [-0.05, 0) is 6.42 Å². The zero-order valence-electron chi connectivity index (χ0n) is 9.26. The van der Waals surface area contributed by atoms with Gasteiger partial charge in [0.1, 0.15) is 4.88 Å². The van der Waals surface area contributed by atoms with Crippen LogP contribution in [0.5, 0.6) is 0 Å². The number of carbonyl (C=O) groups excluding carboxylic acids is 2. The van der Waals surface area contributed by atoms with Crippen LogP contribution >= 0.6 is 11.3 Å². The van der Waals surface area contributed by atoms with Gasteiger partial charge in [0, 0.05) is 6.61 Å². The topological polar surface area (TPSA) is 77.5 Å². The Bertz CT molecular complexity index is 426. The Kier molecular flexibility index (Phi) is 3.70. The summed E-state index contributed by atoms with van der Waals surface area (Å²) >= 11 is 1.09. The minimum absolute atomic E-state index is 0.117. The number of hydrogen-bond donors (Lipinski definition) is 1. The second kappa shape index (κ2) is 5.24. The second-order valence-corrected chi connectivity index (χ2v) is 4.60. The van der Waals surface area contributed by atoms with Gasteiger partial charge in [0.25, 0.3) is 0 Å². The van der Waals surface area contributed by atoms with Crippen molar-refractivity contribution < 1.29 is 19.1 Å². The molecule has 1 fully saturated rings. The summed E-state index contributed by atoms with van der Waals surface area (Å²) in [6.45, 7) is 1.06. The number of hydrogen-bond acceptors (Lipinski definition) is 6. The van der Waals surface area contributed by atoms with Crippen molar-refractivity contribution in [2.45, 2.75) is 6.42 Å². The van der Waals surface area contributed by atoms with Crippen LogP contribution in [0.15, 0.2) is 6.20 Å². The smallest absolute Gasteiger partial charge is 0.349 e. The number of carbonyl (C=O) groups is 2. The normalized spacial score (nSPS) is 19.0. The maximum absolute atomic E-state index is 11.7. The standard InChI is InChI=1S/C10H12N2O4S/c1-15-9(14)7-4-11-10(17-7)12-8(13)6-2-3-16-5-6/h4,6H,2-3,5H2,1H3,(H,11,12,13). The molecule has 2 heterocycles. The summed E-state index contributed by atoms with van der Waals surface area (Å²) in [5, 5.41) is 3.07. The van der Waals surface area contributed by atoms with Gasteiger partial charge < -0.3 is 14.8 Å². The van der Waals surface area contributed by atoms with E-state index in [1.54, 1.807) is 0 Å². The first kappa shape index (κ1) is 12.0. The molecular formula is C10H12N2O4S. The Morgan fingerprint density at radius 1 is 1.65 bits per heavy atom. The zero-order valence-corrected chi connectivity index (χ0v) is 10.1. The summed E-state index contributed by atoms with van der Waals surface area (Å²) in [5.74, 6) is -0.694. The van der Waals surface area contributed by atoms with E-state index in [9.17, 15) is 9.59 Å². The molecule has 0 spiro atoms. The minimum atomic E-state index is -0.452. The lowest BCUT2D eigenvalue weighted by Gasteiger charge is -2.05. The van der Waals surface area contributed by atoms with Crippen molar-refractivity contribution in [1.82, 2.24) is 4.98 Å². The molecule has 92 valence electrons. The third-order valence-electron chi connectivity index (χ3n) is 2.42. The third kappa shape index (κ3) is 2.80. The number of anilines is 1. The minimum Gasteiger partial charge on any atom is -0.465 e. The molecular weight excluding hydrogens is 244 g/mol. The number of rotatable bonds is 3. The van der Waals surface area contributed by atoms with E-state index in [2.05, 4.69) is 15.0 Å². The molecule has 0 aliphatic carbocycles. The van der Waals surface area contributed by atoms with Crippen LogP contribution < -0.4 is 5.32 Å². The van der Waals surface area contributed by atoms with E-state index in [0.717, 1.165) is 17.8 Å². The Balaban J connectivity index is 1.96. The molecule has 2 rings (SSSR count). The van der Waals surface area contributed by atoms with Gasteiger partial charge in [-0.2, -0.15) is 0 Å². The zero-order chi connectivity index (χ0) is 12.3. The van der Waals surface area contributed by atoms with E-state index in [-0.39, 0.29) is 11.8 Å². The number of nitrogens with zero attached hydrogens (tertiary/aromatic N) is 1. The number of methoxy groups -OCH3 is 1. The van der Waals surface area contributed by atoms with E-state index in [1.807, 2.05) is 0 Å². The molecule has 1 amide bonds. The highest BCUT2D eigenvalue weighted by atomic mass is 32.1. The molecule has 1 aromatic heterocycles. The van der Waals surface area contributed by atoms with Crippen molar-refractivity contribution in [3.05, 3.63) is 11.1 Å². The van der Waals surface area contributed by atoms with Gasteiger partial charge in [-0.3, -0.25) is 4.79 Å². The van der Waals surface area contributed by atoms with Gasteiger partial charge in [0.2, 0.25) is 5.91 Å². The van der Waals surface area contributed by atoms with Gasteiger partial charge in [-0.25, -0.2) is 9.78 Å². The van der Waals surface area contributed by atoms with Crippen molar-refractivity contribution in [3.8, 4) is 0 Å². The van der Waals surface area contributed by atoms with E-state index in [1.165, 1.54) is 13.3 Å². The molecule has 0 bridgehead atoms. The molecule has 1 unspecified atom stereocenters. The molecule has 1 N–H and O–H groups in total. The Labute approximate surface area is 102 Å². The number of aromatic nitrogens is 1. The van der Waals surface area contributed by atoms with Gasteiger partial charge in [-0.1, -0.05) is 11.3 Å². The SMILES string of the molecule is COC(=O)c1cnc(NC(=O)C2CCOC2)s1. The highest BCUT2D eigenvalue weighted by Crippen LogP contribution is 2.21. The molecule has 0 aromatic carbocycles. The highest BCUT2D eigenvalue weighted by molar-refractivity contribution is 7.17. The first-order valence-corrected chi connectivity index (χ1v) is 5.95. The van der Waals surface area contributed by atoms with Crippen LogP contribution in [0.4, 0.5) is 5.13 Å². The summed E-state index contributed by atoms with van der Waals surface area (Å²) in [5.41, 5.74) is 0. The molecule has 6 nitrogen and oxygen atoms in total. The van der Waals surface area contributed by atoms with Crippen molar-refractivity contribution in [2.24, 2.45) is 5.92 Å². The maximum atomic E-state index is 11.7. The number of nitrogens with one attached hydrogen (secondary N) is 1.